The van der Waals surface area contributed by atoms with E-state index in [0.29, 0.717) is 53.9 Å². The maximum atomic E-state index is 15.4. The van der Waals surface area contributed by atoms with Gasteiger partial charge in [-0.1, -0.05) is 11.6 Å². The van der Waals surface area contributed by atoms with Crippen molar-refractivity contribution in [2.24, 2.45) is 0 Å². The highest BCUT2D eigenvalue weighted by atomic mass is 35.5. The third kappa shape index (κ3) is 3.93. The molecule has 2 N–H and O–H groups in total. The molecule has 0 saturated carbocycles. The molecule has 0 radical (unpaired) electrons. The van der Waals surface area contributed by atoms with Crippen molar-refractivity contribution in [2.75, 3.05) is 25.4 Å². The lowest BCUT2D eigenvalue weighted by atomic mass is 9.84. The number of benzene rings is 1. The zero-order chi connectivity index (χ0) is 24.1. The summed E-state index contributed by atoms with van der Waals surface area (Å²) in [5, 5.41) is 4.82. The van der Waals surface area contributed by atoms with E-state index in [1.807, 2.05) is 13.8 Å². The van der Waals surface area contributed by atoms with Crippen LogP contribution in [0, 0.1) is 5.82 Å². The van der Waals surface area contributed by atoms with Crippen molar-refractivity contribution in [3.63, 3.8) is 0 Å². The number of nitrogens with zero attached hydrogens (tertiary/aromatic N) is 5. The molecule has 176 valence electrons. The summed E-state index contributed by atoms with van der Waals surface area (Å²) in [4.78, 5) is 22.2. The lowest BCUT2D eigenvalue weighted by Crippen LogP contribution is -2.54. The molecule has 1 saturated heterocycles. The molecule has 1 aromatic carbocycles. The van der Waals surface area contributed by atoms with Crippen LogP contribution in [0.4, 0.5) is 10.2 Å². The lowest BCUT2D eigenvalue weighted by molar-refractivity contribution is 0.0446. The second kappa shape index (κ2) is 8.53. The van der Waals surface area contributed by atoms with Crippen LogP contribution in [0.25, 0.3) is 11.0 Å². The quantitative estimate of drug-likeness (QED) is 0.534. The number of nitrogen functional groups attached to an aromatic ring is 1. The first-order valence-corrected chi connectivity index (χ1v) is 11.3. The molecule has 0 spiro atoms. The first kappa shape index (κ1) is 23.4. The van der Waals surface area contributed by atoms with Crippen molar-refractivity contribution < 1.29 is 13.9 Å². The Bertz CT molecular complexity index is 1220. The van der Waals surface area contributed by atoms with Gasteiger partial charge in [0.25, 0.3) is 0 Å². The van der Waals surface area contributed by atoms with E-state index in [-0.39, 0.29) is 28.0 Å². The molecule has 10 heteroatoms. The van der Waals surface area contributed by atoms with E-state index in [1.54, 1.807) is 10.7 Å². The fourth-order valence-electron chi connectivity index (χ4n) is 4.35. The van der Waals surface area contributed by atoms with Crippen molar-refractivity contribution in [3.05, 3.63) is 40.1 Å². The normalized spacial score (nSPS) is 16.1. The first-order valence-electron chi connectivity index (χ1n) is 10.9. The average Bonchev–Trinajstić information content (AvgIpc) is 3.10. The highest BCUT2D eigenvalue weighted by Gasteiger charge is 2.39. The number of carbonyl (C=O) groups is 1. The molecule has 2 aromatic heterocycles. The van der Waals surface area contributed by atoms with Crippen LogP contribution in [0.2, 0.25) is 5.02 Å². The fraction of sp³-hybridized carbons (Fsp3) is 0.478. The minimum Gasteiger partial charge on any atom is -0.493 e. The third-order valence-corrected chi connectivity index (χ3v) is 6.51. The summed E-state index contributed by atoms with van der Waals surface area (Å²) in [5.41, 5.74) is 7.66. The molecule has 0 bridgehead atoms. The van der Waals surface area contributed by atoms with Gasteiger partial charge in [0.1, 0.15) is 29.4 Å². The number of hydrogen-bond acceptors (Lipinski definition) is 7. The Balaban J connectivity index is 1.85. The zero-order valence-corrected chi connectivity index (χ0v) is 20.1. The summed E-state index contributed by atoms with van der Waals surface area (Å²) in [6, 6.07) is 1.10. The van der Waals surface area contributed by atoms with E-state index in [9.17, 15) is 4.79 Å². The van der Waals surface area contributed by atoms with Gasteiger partial charge in [-0.3, -0.25) is 9.69 Å². The van der Waals surface area contributed by atoms with Gasteiger partial charge in [-0.25, -0.2) is 19.0 Å². The number of hydrogen-bond donors (Lipinski definition) is 1. The van der Waals surface area contributed by atoms with Crippen LogP contribution in [0.1, 0.15) is 68.2 Å². The van der Waals surface area contributed by atoms with Gasteiger partial charge in [-0.2, -0.15) is 5.10 Å². The molecule has 3 aromatic rings. The van der Waals surface area contributed by atoms with Crippen molar-refractivity contribution >= 4 is 34.7 Å². The summed E-state index contributed by atoms with van der Waals surface area (Å²) < 4.78 is 22.9. The summed E-state index contributed by atoms with van der Waals surface area (Å²) >= 11 is 6.37. The van der Waals surface area contributed by atoms with Crippen LogP contribution < -0.4 is 10.5 Å². The van der Waals surface area contributed by atoms with Crippen LogP contribution in [0.15, 0.2) is 12.4 Å². The molecular formula is C23H28ClFN6O2. The molecular weight excluding hydrogens is 447 g/mol. The number of likely N-dealkylation sites (tertiary alicyclic amines) is 1. The Morgan fingerprint density at radius 2 is 2.06 bits per heavy atom. The Kier molecular flexibility index (Phi) is 6.05. The fourth-order valence-corrected chi connectivity index (χ4v) is 4.56. The monoisotopic (exact) mass is 474 g/mol. The number of nitrogens with two attached hydrogens (primary N) is 1. The third-order valence-electron chi connectivity index (χ3n) is 6.24. The van der Waals surface area contributed by atoms with E-state index >= 15 is 4.39 Å². The van der Waals surface area contributed by atoms with Crippen molar-refractivity contribution in [1.82, 2.24) is 24.6 Å². The van der Waals surface area contributed by atoms with E-state index in [4.69, 9.17) is 22.1 Å². The highest BCUT2D eigenvalue weighted by molar-refractivity contribution is 6.31. The molecule has 0 aliphatic carbocycles. The largest absolute Gasteiger partial charge is 0.493 e. The molecule has 1 fully saturated rings. The molecule has 4 rings (SSSR count). The predicted octanol–water partition coefficient (Wildman–Crippen LogP) is 4.22. The molecule has 1 atom stereocenters. The maximum absolute atomic E-state index is 15.4. The number of aldehydes is 1. The SMILES string of the molecule is CCOc1c(C(C)n2nc(C=O)c3c(N)ncnc32)cc(Cl)c(F)c1C1CN(C(C)(C)C)C1. The van der Waals surface area contributed by atoms with Crippen LogP contribution in [0.5, 0.6) is 5.75 Å². The Morgan fingerprint density at radius 1 is 1.36 bits per heavy atom. The van der Waals surface area contributed by atoms with Crippen LogP contribution in [-0.4, -0.2) is 56.2 Å². The molecule has 1 aliphatic heterocycles. The van der Waals surface area contributed by atoms with E-state index in [1.165, 1.54) is 6.33 Å². The first-order chi connectivity index (χ1) is 15.6. The lowest BCUT2D eigenvalue weighted by Gasteiger charge is -2.48. The Morgan fingerprint density at radius 3 is 2.67 bits per heavy atom. The second-order valence-corrected chi connectivity index (χ2v) is 9.70. The van der Waals surface area contributed by atoms with E-state index < -0.39 is 11.9 Å². The van der Waals surface area contributed by atoms with Crippen molar-refractivity contribution in [1.29, 1.82) is 0 Å². The smallest absolute Gasteiger partial charge is 0.171 e. The predicted molar refractivity (Wildman–Crippen MR) is 126 cm³/mol. The Hall–Kier alpha value is -2.78. The van der Waals surface area contributed by atoms with E-state index in [2.05, 4.69) is 40.7 Å². The van der Waals surface area contributed by atoms with Gasteiger partial charge in [-0.05, 0) is 40.7 Å². The number of ether oxygens (including phenoxy) is 1. The number of carbonyl (C=O) groups excluding carboxylic acids is 1. The number of anilines is 1. The van der Waals surface area contributed by atoms with E-state index in [0.717, 1.165) is 0 Å². The van der Waals surface area contributed by atoms with Crippen LogP contribution in [0.3, 0.4) is 0 Å². The molecule has 0 amide bonds. The maximum Gasteiger partial charge on any atom is 0.171 e. The minimum atomic E-state index is -0.465. The van der Waals surface area contributed by atoms with Gasteiger partial charge in [0.2, 0.25) is 0 Å². The van der Waals surface area contributed by atoms with Crippen LogP contribution in [-0.2, 0) is 0 Å². The standard InChI is InChI=1S/C23H28ClFN6O2/c1-6-33-20-14(7-15(24)19(25)17(20)13-8-30(9-13)23(3,4)5)12(2)31-22-18(16(10-32)29-31)21(26)27-11-28-22/h7,10-13H,6,8-9H2,1-5H3,(H2,26,27,28). The summed E-state index contributed by atoms with van der Waals surface area (Å²) in [5.74, 6) is 0.123. The highest BCUT2D eigenvalue weighted by Crippen LogP contribution is 2.45. The van der Waals surface area contributed by atoms with Crippen molar-refractivity contribution in [3.8, 4) is 5.75 Å². The minimum absolute atomic E-state index is 0.00765. The molecule has 33 heavy (non-hydrogen) atoms. The molecule has 8 nitrogen and oxygen atoms in total. The van der Waals surface area contributed by atoms with Gasteiger partial charge < -0.3 is 10.5 Å². The summed E-state index contributed by atoms with van der Waals surface area (Å²) in [6.45, 7) is 11.9. The van der Waals surface area contributed by atoms with Crippen molar-refractivity contribution in [2.45, 2.75) is 52.1 Å². The Labute approximate surface area is 196 Å². The van der Waals surface area contributed by atoms with Gasteiger partial charge >= 0.3 is 0 Å². The summed E-state index contributed by atoms with van der Waals surface area (Å²) in [7, 11) is 0. The topological polar surface area (TPSA) is 99.2 Å². The number of aromatic nitrogens is 4. The number of halogens is 2. The number of rotatable bonds is 6. The second-order valence-electron chi connectivity index (χ2n) is 9.29. The molecule has 1 aliphatic rings. The van der Waals surface area contributed by atoms with Gasteiger partial charge in [0.15, 0.2) is 11.9 Å². The molecule has 3 heterocycles. The zero-order valence-electron chi connectivity index (χ0n) is 19.4. The molecule has 1 unspecified atom stereocenters. The average molecular weight is 475 g/mol. The van der Waals surface area contributed by atoms with Crippen LogP contribution >= 0.6 is 11.6 Å². The van der Waals surface area contributed by atoms with Gasteiger partial charge in [0.05, 0.1) is 23.1 Å². The van der Waals surface area contributed by atoms with Gasteiger partial charge in [-0.15, -0.1) is 0 Å². The summed E-state index contributed by atoms with van der Waals surface area (Å²) in [6.07, 6.45) is 1.94. The number of fused-ring (bicyclic) bond motifs is 1. The van der Waals surface area contributed by atoms with Gasteiger partial charge in [0, 0.05) is 35.7 Å².